The van der Waals surface area contributed by atoms with Crippen LogP contribution in [0.1, 0.15) is 17.2 Å². The summed E-state index contributed by atoms with van der Waals surface area (Å²) in [7, 11) is 0. The Morgan fingerprint density at radius 1 is 1.17 bits per heavy atom. The van der Waals surface area contributed by atoms with E-state index in [4.69, 9.17) is 5.84 Å². The Hall–Kier alpha value is -1.23. The fourth-order valence-electron chi connectivity index (χ4n) is 1.86. The van der Waals surface area contributed by atoms with E-state index in [1.54, 1.807) is 12.1 Å². The summed E-state index contributed by atoms with van der Waals surface area (Å²) in [6.07, 6.45) is 0.708. The number of hydrazine groups is 1. The van der Waals surface area contributed by atoms with E-state index in [0.29, 0.717) is 10.9 Å². The molecule has 4 heteroatoms. The van der Waals surface area contributed by atoms with E-state index in [-0.39, 0.29) is 11.9 Å². The lowest BCUT2D eigenvalue weighted by atomic mass is 9.99. The van der Waals surface area contributed by atoms with Crippen molar-refractivity contribution < 1.29 is 4.39 Å². The smallest absolute Gasteiger partial charge is 0.137 e. The summed E-state index contributed by atoms with van der Waals surface area (Å²) in [5.41, 5.74) is 4.93. The summed E-state index contributed by atoms with van der Waals surface area (Å²) in [6, 6.07) is 15.0. The van der Waals surface area contributed by atoms with Gasteiger partial charge < -0.3 is 0 Å². The van der Waals surface area contributed by atoms with Crippen molar-refractivity contribution in [3.05, 3.63) is 69.9 Å². The molecule has 0 aliphatic carbocycles. The van der Waals surface area contributed by atoms with Gasteiger partial charge in [-0.25, -0.2) is 4.39 Å². The lowest BCUT2D eigenvalue weighted by molar-refractivity contribution is 0.550. The van der Waals surface area contributed by atoms with Crippen molar-refractivity contribution in [1.29, 1.82) is 0 Å². The Kier molecular flexibility index (Phi) is 4.47. The lowest BCUT2D eigenvalue weighted by Gasteiger charge is -2.16. The molecule has 2 aromatic rings. The standard InChI is InChI=1S/C14H14BrFN2/c15-12-8-10(6-7-13(12)16)9-14(18-17)11-4-2-1-3-5-11/h1-8,14,18H,9,17H2. The largest absolute Gasteiger partial charge is 0.271 e. The first-order valence-corrected chi connectivity index (χ1v) is 6.45. The molecule has 2 aromatic carbocycles. The summed E-state index contributed by atoms with van der Waals surface area (Å²) in [4.78, 5) is 0. The number of nitrogens with one attached hydrogen (secondary N) is 1. The van der Waals surface area contributed by atoms with Crippen molar-refractivity contribution in [3.8, 4) is 0 Å². The summed E-state index contributed by atoms with van der Waals surface area (Å²) >= 11 is 3.19. The van der Waals surface area contributed by atoms with Gasteiger partial charge in [0.25, 0.3) is 0 Å². The molecule has 1 atom stereocenters. The molecule has 0 fully saturated rings. The monoisotopic (exact) mass is 308 g/mol. The first-order valence-electron chi connectivity index (χ1n) is 5.65. The number of halogens is 2. The maximum absolute atomic E-state index is 13.2. The molecule has 2 rings (SSSR count). The molecule has 0 heterocycles. The van der Waals surface area contributed by atoms with Crippen LogP contribution in [0.15, 0.2) is 53.0 Å². The maximum Gasteiger partial charge on any atom is 0.137 e. The predicted molar refractivity (Wildman–Crippen MR) is 74.3 cm³/mol. The zero-order chi connectivity index (χ0) is 13.0. The summed E-state index contributed by atoms with van der Waals surface area (Å²) in [6.45, 7) is 0. The van der Waals surface area contributed by atoms with Crippen LogP contribution in [0, 0.1) is 5.82 Å². The van der Waals surface area contributed by atoms with Crippen LogP contribution >= 0.6 is 15.9 Å². The molecular weight excluding hydrogens is 295 g/mol. The maximum atomic E-state index is 13.2. The van der Waals surface area contributed by atoms with Gasteiger partial charge >= 0.3 is 0 Å². The van der Waals surface area contributed by atoms with Crippen LogP contribution < -0.4 is 11.3 Å². The fraction of sp³-hybridized carbons (Fsp3) is 0.143. The van der Waals surface area contributed by atoms with Crippen LogP contribution in [0.25, 0.3) is 0 Å². The minimum Gasteiger partial charge on any atom is -0.271 e. The Morgan fingerprint density at radius 2 is 1.89 bits per heavy atom. The van der Waals surface area contributed by atoms with Gasteiger partial charge in [-0.3, -0.25) is 11.3 Å². The number of hydrogen-bond donors (Lipinski definition) is 2. The average molecular weight is 309 g/mol. The third-order valence-electron chi connectivity index (χ3n) is 2.83. The van der Waals surface area contributed by atoms with E-state index >= 15 is 0 Å². The molecule has 2 nitrogen and oxygen atoms in total. The van der Waals surface area contributed by atoms with Gasteiger partial charge in [0, 0.05) is 6.04 Å². The van der Waals surface area contributed by atoms with Crippen molar-refractivity contribution in [3.63, 3.8) is 0 Å². The van der Waals surface area contributed by atoms with E-state index in [1.165, 1.54) is 6.07 Å². The second-order valence-electron chi connectivity index (χ2n) is 4.08. The second-order valence-corrected chi connectivity index (χ2v) is 4.94. The Bertz CT molecular complexity index is 516. The van der Waals surface area contributed by atoms with Crippen molar-refractivity contribution in [2.75, 3.05) is 0 Å². The highest BCUT2D eigenvalue weighted by Gasteiger charge is 2.11. The highest BCUT2D eigenvalue weighted by Crippen LogP contribution is 2.22. The van der Waals surface area contributed by atoms with Crippen LogP contribution in [0.2, 0.25) is 0 Å². The molecular formula is C14H14BrFN2. The number of rotatable bonds is 4. The Labute approximate surface area is 114 Å². The molecule has 0 saturated carbocycles. The zero-order valence-corrected chi connectivity index (χ0v) is 11.3. The minimum absolute atomic E-state index is 0.0172. The van der Waals surface area contributed by atoms with Gasteiger partial charge in [-0.15, -0.1) is 0 Å². The third kappa shape index (κ3) is 3.16. The zero-order valence-electron chi connectivity index (χ0n) is 9.74. The molecule has 3 N–H and O–H groups in total. The van der Waals surface area contributed by atoms with E-state index < -0.39 is 0 Å². The first-order chi connectivity index (χ1) is 8.70. The van der Waals surface area contributed by atoms with Crippen molar-refractivity contribution in [1.82, 2.24) is 5.43 Å². The van der Waals surface area contributed by atoms with E-state index in [2.05, 4.69) is 21.4 Å². The molecule has 94 valence electrons. The van der Waals surface area contributed by atoms with Crippen LogP contribution in [-0.2, 0) is 6.42 Å². The van der Waals surface area contributed by atoms with Gasteiger partial charge in [0.15, 0.2) is 0 Å². The van der Waals surface area contributed by atoms with E-state index in [1.807, 2.05) is 30.3 Å². The third-order valence-corrected chi connectivity index (χ3v) is 3.43. The second kappa shape index (κ2) is 6.09. The number of benzene rings is 2. The molecule has 0 amide bonds. The molecule has 0 bridgehead atoms. The molecule has 0 aliphatic heterocycles. The van der Waals surface area contributed by atoms with Crippen molar-refractivity contribution in [2.45, 2.75) is 12.5 Å². The highest BCUT2D eigenvalue weighted by atomic mass is 79.9. The van der Waals surface area contributed by atoms with Crippen molar-refractivity contribution in [2.24, 2.45) is 5.84 Å². The fourth-order valence-corrected chi connectivity index (χ4v) is 2.29. The van der Waals surface area contributed by atoms with Crippen LogP contribution in [0.4, 0.5) is 4.39 Å². The first kappa shape index (κ1) is 13.2. The number of nitrogens with two attached hydrogens (primary N) is 1. The van der Waals surface area contributed by atoms with Crippen LogP contribution in [0.3, 0.4) is 0 Å². The summed E-state index contributed by atoms with van der Waals surface area (Å²) in [5, 5.41) is 0. The van der Waals surface area contributed by atoms with Crippen LogP contribution in [-0.4, -0.2) is 0 Å². The predicted octanol–water partition coefficient (Wildman–Crippen LogP) is 3.34. The van der Waals surface area contributed by atoms with Crippen LogP contribution in [0.5, 0.6) is 0 Å². The lowest BCUT2D eigenvalue weighted by Crippen LogP contribution is -2.29. The molecule has 0 radical (unpaired) electrons. The summed E-state index contributed by atoms with van der Waals surface area (Å²) in [5.74, 6) is 5.33. The van der Waals surface area contributed by atoms with Gasteiger partial charge in [-0.2, -0.15) is 0 Å². The quantitative estimate of drug-likeness (QED) is 0.671. The van der Waals surface area contributed by atoms with Crippen molar-refractivity contribution >= 4 is 15.9 Å². The number of hydrogen-bond acceptors (Lipinski definition) is 2. The molecule has 0 aliphatic rings. The van der Waals surface area contributed by atoms with Gasteiger partial charge in [-0.1, -0.05) is 36.4 Å². The molecule has 0 spiro atoms. The molecule has 0 aromatic heterocycles. The molecule has 18 heavy (non-hydrogen) atoms. The van der Waals surface area contributed by atoms with Gasteiger partial charge in [-0.05, 0) is 45.6 Å². The van der Waals surface area contributed by atoms with Gasteiger partial charge in [0.05, 0.1) is 4.47 Å². The normalized spacial score (nSPS) is 12.4. The SMILES string of the molecule is NNC(Cc1ccc(F)c(Br)c1)c1ccccc1. The topological polar surface area (TPSA) is 38.0 Å². The van der Waals surface area contributed by atoms with E-state index in [0.717, 1.165) is 11.1 Å². The Morgan fingerprint density at radius 3 is 2.50 bits per heavy atom. The molecule has 0 saturated heterocycles. The summed E-state index contributed by atoms with van der Waals surface area (Å²) < 4.78 is 13.6. The van der Waals surface area contributed by atoms with Gasteiger partial charge in [0.2, 0.25) is 0 Å². The highest BCUT2D eigenvalue weighted by molar-refractivity contribution is 9.10. The average Bonchev–Trinajstić information content (AvgIpc) is 2.41. The van der Waals surface area contributed by atoms with E-state index in [9.17, 15) is 4.39 Å². The Balaban J connectivity index is 2.18. The van der Waals surface area contributed by atoms with Gasteiger partial charge in [0.1, 0.15) is 5.82 Å². The molecule has 1 unspecified atom stereocenters. The minimum atomic E-state index is -0.254.